The lowest BCUT2D eigenvalue weighted by Gasteiger charge is -2.30. The minimum Gasteiger partial charge on any atom is -0.348 e. The van der Waals surface area contributed by atoms with Gasteiger partial charge in [-0.3, -0.25) is 9.48 Å². The first-order valence-electron chi connectivity index (χ1n) is 8.53. The van der Waals surface area contributed by atoms with E-state index >= 15 is 0 Å². The number of aryl methyl sites for hydroxylation is 2. The number of thiophene rings is 1. The third kappa shape index (κ3) is 4.22. The Labute approximate surface area is 141 Å². The highest BCUT2D eigenvalue weighted by Crippen LogP contribution is 2.36. The second kappa shape index (κ2) is 7.77. The predicted octanol–water partition coefficient (Wildman–Crippen LogP) is 3.85. The summed E-state index contributed by atoms with van der Waals surface area (Å²) in [6, 6.07) is 6.41. The van der Waals surface area contributed by atoms with Gasteiger partial charge in [0, 0.05) is 30.2 Å². The molecule has 1 atom stereocenters. The number of carbonyl (C=O) groups excluding carboxylic acids is 1. The summed E-state index contributed by atoms with van der Waals surface area (Å²) >= 11 is 1.76. The van der Waals surface area contributed by atoms with Gasteiger partial charge >= 0.3 is 0 Å². The van der Waals surface area contributed by atoms with E-state index in [1.54, 1.807) is 17.5 Å². The lowest BCUT2D eigenvalue weighted by atomic mass is 9.83. The number of nitrogens with zero attached hydrogens (tertiary/aromatic N) is 2. The Bertz CT molecular complexity index is 614. The highest BCUT2D eigenvalue weighted by molar-refractivity contribution is 7.10. The Hall–Kier alpha value is -1.62. The molecule has 1 saturated carbocycles. The predicted molar refractivity (Wildman–Crippen MR) is 93.3 cm³/mol. The smallest absolute Gasteiger partial charge is 0.220 e. The molecule has 1 aliphatic rings. The van der Waals surface area contributed by atoms with Gasteiger partial charge in [0.1, 0.15) is 0 Å². The molecule has 0 aliphatic heterocycles. The van der Waals surface area contributed by atoms with Gasteiger partial charge in [0.2, 0.25) is 5.91 Å². The molecule has 3 rings (SSSR count). The van der Waals surface area contributed by atoms with Crippen LogP contribution < -0.4 is 5.32 Å². The van der Waals surface area contributed by atoms with Crippen molar-refractivity contribution in [1.29, 1.82) is 0 Å². The van der Waals surface area contributed by atoms with Crippen molar-refractivity contribution in [2.45, 2.75) is 51.0 Å². The average Bonchev–Trinajstić information content (AvgIpc) is 3.23. The van der Waals surface area contributed by atoms with Crippen molar-refractivity contribution < 1.29 is 4.79 Å². The maximum atomic E-state index is 12.5. The molecule has 1 fully saturated rings. The number of nitrogens with one attached hydrogen (secondary N) is 1. The summed E-state index contributed by atoms with van der Waals surface area (Å²) in [5.41, 5.74) is 1.10. The normalized spacial score (nSPS) is 17.1. The topological polar surface area (TPSA) is 46.9 Å². The second-order valence-electron chi connectivity index (χ2n) is 6.40. The van der Waals surface area contributed by atoms with Crippen molar-refractivity contribution in [2.24, 2.45) is 13.0 Å². The lowest BCUT2D eigenvalue weighted by Crippen LogP contribution is -2.34. The highest BCUT2D eigenvalue weighted by atomic mass is 32.1. The van der Waals surface area contributed by atoms with Crippen LogP contribution in [0.5, 0.6) is 0 Å². The molecule has 1 N–H and O–H groups in total. The second-order valence-corrected chi connectivity index (χ2v) is 7.38. The third-order valence-corrected chi connectivity index (χ3v) is 5.77. The molecule has 0 saturated heterocycles. The maximum Gasteiger partial charge on any atom is 0.220 e. The first-order valence-corrected chi connectivity index (χ1v) is 9.41. The van der Waals surface area contributed by atoms with Crippen LogP contribution in [0.4, 0.5) is 0 Å². The molecule has 4 nitrogen and oxygen atoms in total. The van der Waals surface area contributed by atoms with Crippen molar-refractivity contribution in [2.75, 3.05) is 0 Å². The number of amides is 1. The minimum atomic E-state index is 0.148. The van der Waals surface area contributed by atoms with E-state index < -0.39 is 0 Å². The summed E-state index contributed by atoms with van der Waals surface area (Å²) in [5.74, 6) is 0.734. The molecule has 2 aromatic rings. The van der Waals surface area contributed by atoms with Gasteiger partial charge in [0.05, 0.1) is 6.04 Å². The van der Waals surface area contributed by atoms with E-state index in [0.29, 0.717) is 12.3 Å². The largest absolute Gasteiger partial charge is 0.348 e. The quantitative estimate of drug-likeness (QED) is 0.874. The molecule has 1 unspecified atom stereocenters. The summed E-state index contributed by atoms with van der Waals surface area (Å²) in [5, 5.41) is 9.57. The zero-order chi connectivity index (χ0) is 16.1. The van der Waals surface area contributed by atoms with Crippen LogP contribution in [0.3, 0.4) is 0 Å². The molecule has 23 heavy (non-hydrogen) atoms. The molecule has 124 valence electrons. The molecule has 2 heterocycles. The van der Waals surface area contributed by atoms with Gasteiger partial charge in [0.15, 0.2) is 0 Å². The van der Waals surface area contributed by atoms with Crippen molar-refractivity contribution in [3.8, 4) is 0 Å². The van der Waals surface area contributed by atoms with Gasteiger partial charge in [-0.25, -0.2) is 0 Å². The number of carbonyl (C=O) groups is 1. The third-order valence-electron chi connectivity index (χ3n) is 4.82. The number of hydrogen-bond acceptors (Lipinski definition) is 3. The van der Waals surface area contributed by atoms with Crippen LogP contribution in [-0.2, 0) is 18.3 Å². The average molecular weight is 331 g/mol. The molecular weight excluding hydrogens is 306 g/mol. The van der Waals surface area contributed by atoms with Gasteiger partial charge in [-0.2, -0.15) is 5.10 Å². The van der Waals surface area contributed by atoms with E-state index in [4.69, 9.17) is 0 Å². The van der Waals surface area contributed by atoms with E-state index in [2.05, 4.69) is 27.9 Å². The van der Waals surface area contributed by atoms with Crippen molar-refractivity contribution in [3.63, 3.8) is 0 Å². The number of rotatable bonds is 6. The fourth-order valence-electron chi connectivity index (χ4n) is 3.49. The standard InChI is InChI=1S/C18H25N3OS/c1-21-15(11-12-19-21)9-10-17(22)20-18(16-8-5-13-23-16)14-6-3-2-4-7-14/h5,8,11-14,18H,2-4,6-7,9-10H2,1H3,(H,20,22). The summed E-state index contributed by atoms with van der Waals surface area (Å²) in [4.78, 5) is 13.8. The highest BCUT2D eigenvalue weighted by Gasteiger charge is 2.27. The summed E-state index contributed by atoms with van der Waals surface area (Å²) in [6.45, 7) is 0. The zero-order valence-corrected chi connectivity index (χ0v) is 14.5. The summed E-state index contributed by atoms with van der Waals surface area (Å²) in [7, 11) is 1.92. The van der Waals surface area contributed by atoms with Crippen molar-refractivity contribution in [1.82, 2.24) is 15.1 Å². The van der Waals surface area contributed by atoms with Crippen molar-refractivity contribution >= 4 is 17.2 Å². The Morgan fingerprint density at radius 1 is 1.39 bits per heavy atom. The first-order chi connectivity index (χ1) is 11.2. The number of hydrogen-bond donors (Lipinski definition) is 1. The van der Waals surface area contributed by atoms with E-state index in [0.717, 1.165) is 12.1 Å². The lowest BCUT2D eigenvalue weighted by molar-refractivity contribution is -0.122. The Balaban J connectivity index is 1.61. The van der Waals surface area contributed by atoms with E-state index in [1.807, 2.05) is 17.8 Å². The molecule has 1 amide bonds. The minimum absolute atomic E-state index is 0.148. The molecule has 5 heteroatoms. The molecule has 0 bridgehead atoms. The van der Waals surface area contributed by atoms with Gasteiger partial charge in [-0.05, 0) is 42.7 Å². The van der Waals surface area contributed by atoms with Crippen LogP contribution in [0.15, 0.2) is 29.8 Å². The van der Waals surface area contributed by atoms with Crippen LogP contribution in [0, 0.1) is 5.92 Å². The molecule has 0 radical (unpaired) electrons. The van der Waals surface area contributed by atoms with E-state index in [9.17, 15) is 4.79 Å². The van der Waals surface area contributed by atoms with Crippen molar-refractivity contribution in [3.05, 3.63) is 40.3 Å². The summed E-state index contributed by atoms with van der Waals surface area (Å²) < 4.78 is 1.84. The van der Waals surface area contributed by atoms with Gasteiger partial charge < -0.3 is 5.32 Å². The Morgan fingerprint density at radius 2 is 2.22 bits per heavy atom. The molecular formula is C18H25N3OS. The van der Waals surface area contributed by atoms with E-state index in [-0.39, 0.29) is 11.9 Å². The summed E-state index contributed by atoms with van der Waals surface area (Å²) in [6.07, 6.45) is 9.41. The fraction of sp³-hybridized carbons (Fsp3) is 0.556. The molecule has 2 aromatic heterocycles. The molecule has 0 aromatic carbocycles. The molecule has 1 aliphatic carbocycles. The Morgan fingerprint density at radius 3 is 2.87 bits per heavy atom. The first kappa shape index (κ1) is 16.2. The van der Waals surface area contributed by atoms with Crippen LogP contribution in [0.1, 0.15) is 55.1 Å². The van der Waals surface area contributed by atoms with E-state index in [1.165, 1.54) is 37.0 Å². The SMILES string of the molecule is Cn1nccc1CCC(=O)NC(c1cccs1)C1CCCCC1. The zero-order valence-electron chi connectivity index (χ0n) is 13.7. The van der Waals surface area contributed by atoms with Gasteiger partial charge in [-0.15, -0.1) is 11.3 Å². The van der Waals surface area contributed by atoms with Crippen LogP contribution in [0.2, 0.25) is 0 Å². The van der Waals surface area contributed by atoms with Gasteiger partial charge in [-0.1, -0.05) is 25.3 Å². The van der Waals surface area contributed by atoms with Crippen LogP contribution in [0.25, 0.3) is 0 Å². The molecule has 0 spiro atoms. The maximum absolute atomic E-state index is 12.5. The van der Waals surface area contributed by atoms with Crippen LogP contribution in [-0.4, -0.2) is 15.7 Å². The monoisotopic (exact) mass is 331 g/mol. The van der Waals surface area contributed by atoms with Crippen LogP contribution >= 0.6 is 11.3 Å². The van der Waals surface area contributed by atoms with Gasteiger partial charge in [0.25, 0.3) is 0 Å². The Kier molecular flexibility index (Phi) is 5.49. The fourth-order valence-corrected chi connectivity index (χ4v) is 4.36. The number of aromatic nitrogens is 2.